The second kappa shape index (κ2) is 5.75. The molecule has 0 saturated carbocycles. The molecule has 1 unspecified atom stereocenters. The molecular formula is C12H18BrN3. The van der Waals surface area contributed by atoms with Gasteiger partial charge >= 0.3 is 0 Å². The zero-order chi connectivity index (χ0) is 11.4. The van der Waals surface area contributed by atoms with Crippen molar-refractivity contribution >= 4 is 15.9 Å². The van der Waals surface area contributed by atoms with Gasteiger partial charge in [-0.25, -0.2) is 0 Å². The van der Waals surface area contributed by atoms with Crippen LogP contribution in [0.2, 0.25) is 0 Å². The third kappa shape index (κ3) is 3.27. The van der Waals surface area contributed by atoms with Crippen LogP contribution in [0.4, 0.5) is 0 Å². The molecule has 2 rings (SSSR count). The van der Waals surface area contributed by atoms with Crippen LogP contribution >= 0.6 is 15.9 Å². The second-order valence-electron chi connectivity index (χ2n) is 4.49. The number of hydrogen-bond donors (Lipinski definition) is 1. The summed E-state index contributed by atoms with van der Waals surface area (Å²) in [5, 5.41) is 0. The van der Waals surface area contributed by atoms with Gasteiger partial charge in [-0.1, -0.05) is 0 Å². The first-order valence-electron chi connectivity index (χ1n) is 5.80. The summed E-state index contributed by atoms with van der Waals surface area (Å²) in [5.74, 6) is 0.675. The van der Waals surface area contributed by atoms with E-state index in [9.17, 15) is 0 Å². The van der Waals surface area contributed by atoms with Gasteiger partial charge in [0.2, 0.25) is 0 Å². The van der Waals surface area contributed by atoms with Crippen molar-refractivity contribution in [2.75, 3.05) is 19.6 Å². The minimum absolute atomic E-state index is 0.675. The van der Waals surface area contributed by atoms with E-state index in [-0.39, 0.29) is 0 Å². The summed E-state index contributed by atoms with van der Waals surface area (Å²) in [5.41, 5.74) is 7.01. The lowest BCUT2D eigenvalue weighted by Crippen LogP contribution is -2.37. The molecule has 1 aromatic rings. The Morgan fingerprint density at radius 1 is 1.50 bits per heavy atom. The van der Waals surface area contributed by atoms with E-state index in [1.807, 2.05) is 12.4 Å². The fourth-order valence-corrected chi connectivity index (χ4v) is 2.70. The zero-order valence-corrected chi connectivity index (χ0v) is 11.0. The van der Waals surface area contributed by atoms with Gasteiger partial charge in [0.25, 0.3) is 0 Å². The molecule has 0 bridgehead atoms. The Morgan fingerprint density at radius 2 is 2.38 bits per heavy atom. The van der Waals surface area contributed by atoms with Gasteiger partial charge in [-0.3, -0.25) is 9.88 Å². The van der Waals surface area contributed by atoms with E-state index in [1.165, 1.54) is 24.9 Å². The average Bonchev–Trinajstić information content (AvgIpc) is 2.29. The molecule has 1 aliphatic heterocycles. The Morgan fingerprint density at radius 3 is 3.12 bits per heavy atom. The normalized spacial score (nSPS) is 22.2. The number of nitrogens with zero attached hydrogens (tertiary/aromatic N) is 2. The smallest absolute Gasteiger partial charge is 0.0410 e. The van der Waals surface area contributed by atoms with Crippen LogP contribution in [0.15, 0.2) is 22.9 Å². The second-order valence-corrected chi connectivity index (χ2v) is 5.41. The van der Waals surface area contributed by atoms with Gasteiger partial charge in [-0.05, 0) is 59.4 Å². The van der Waals surface area contributed by atoms with Crippen molar-refractivity contribution in [3.63, 3.8) is 0 Å². The first kappa shape index (κ1) is 12.0. The van der Waals surface area contributed by atoms with Crippen molar-refractivity contribution in [1.29, 1.82) is 0 Å². The molecule has 0 aromatic carbocycles. The minimum Gasteiger partial charge on any atom is -0.330 e. The van der Waals surface area contributed by atoms with Crippen molar-refractivity contribution in [2.45, 2.75) is 19.4 Å². The SMILES string of the molecule is NCC1CCCN(Cc2cncc(Br)c2)C1. The number of likely N-dealkylation sites (tertiary alicyclic amines) is 1. The van der Waals surface area contributed by atoms with Crippen LogP contribution in [-0.2, 0) is 6.54 Å². The van der Waals surface area contributed by atoms with Crippen LogP contribution in [0, 0.1) is 5.92 Å². The molecule has 88 valence electrons. The van der Waals surface area contributed by atoms with Crippen molar-refractivity contribution in [1.82, 2.24) is 9.88 Å². The molecule has 16 heavy (non-hydrogen) atoms. The number of pyridine rings is 1. The molecule has 2 N–H and O–H groups in total. The third-order valence-electron chi connectivity index (χ3n) is 3.10. The average molecular weight is 284 g/mol. The molecular weight excluding hydrogens is 266 g/mol. The first-order chi connectivity index (χ1) is 7.78. The van der Waals surface area contributed by atoms with Gasteiger partial charge in [0, 0.05) is 30.0 Å². The van der Waals surface area contributed by atoms with Crippen LogP contribution in [0.3, 0.4) is 0 Å². The maximum absolute atomic E-state index is 5.74. The standard InChI is InChI=1S/C12H18BrN3/c13-12-4-11(6-15-7-12)9-16-3-1-2-10(5-14)8-16/h4,6-7,10H,1-3,5,8-9,14H2. The van der Waals surface area contributed by atoms with Gasteiger partial charge in [0.1, 0.15) is 0 Å². The maximum atomic E-state index is 5.74. The van der Waals surface area contributed by atoms with Crippen LogP contribution in [0.5, 0.6) is 0 Å². The van der Waals surface area contributed by atoms with Crippen molar-refractivity contribution < 1.29 is 0 Å². The largest absolute Gasteiger partial charge is 0.330 e. The number of hydrogen-bond acceptors (Lipinski definition) is 3. The highest BCUT2D eigenvalue weighted by molar-refractivity contribution is 9.10. The highest BCUT2D eigenvalue weighted by Crippen LogP contribution is 2.18. The number of aromatic nitrogens is 1. The number of piperidine rings is 1. The molecule has 0 aliphatic carbocycles. The summed E-state index contributed by atoms with van der Waals surface area (Å²) in [6.07, 6.45) is 6.31. The minimum atomic E-state index is 0.675. The first-order valence-corrected chi connectivity index (χ1v) is 6.59. The monoisotopic (exact) mass is 283 g/mol. The van der Waals surface area contributed by atoms with E-state index in [4.69, 9.17) is 5.73 Å². The Balaban J connectivity index is 1.94. The highest BCUT2D eigenvalue weighted by atomic mass is 79.9. The lowest BCUT2D eigenvalue weighted by Gasteiger charge is -2.32. The molecule has 1 saturated heterocycles. The van der Waals surface area contributed by atoms with Crippen molar-refractivity contribution in [3.05, 3.63) is 28.5 Å². The third-order valence-corrected chi connectivity index (χ3v) is 3.54. The highest BCUT2D eigenvalue weighted by Gasteiger charge is 2.18. The van der Waals surface area contributed by atoms with Crippen LogP contribution in [0.1, 0.15) is 18.4 Å². The summed E-state index contributed by atoms with van der Waals surface area (Å²) in [6, 6.07) is 2.14. The lowest BCUT2D eigenvalue weighted by atomic mass is 9.98. The van der Waals surface area contributed by atoms with E-state index >= 15 is 0 Å². The summed E-state index contributed by atoms with van der Waals surface area (Å²) < 4.78 is 1.05. The van der Waals surface area contributed by atoms with Gasteiger partial charge in [-0.2, -0.15) is 0 Å². The zero-order valence-electron chi connectivity index (χ0n) is 9.40. The lowest BCUT2D eigenvalue weighted by molar-refractivity contribution is 0.171. The maximum Gasteiger partial charge on any atom is 0.0410 e. The van der Waals surface area contributed by atoms with Crippen LogP contribution < -0.4 is 5.73 Å². The van der Waals surface area contributed by atoms with Crippen LogP contribution in [-0.4, -0.2) is 29.5 Å². The fraction of sp³-hybridized carbons (Fsp3) is 0.583. The van der Waals surface area contributed by atoms with Gasteiger partial charge < -0.3 is 5.73 Å². The van der Waals surface area contributed by atoms with E-state index < -0.39 is 0 Å². The Hall–Kier alpha value is -0.450. The molecule has 1 fully saturated rings. The van der Waals surface area contributed by atoms with E-state index in [0.29, 0.717) is 5.92 Å². The predicted molar refractivity (Wildman–Crippen MR) is 69.0 cm³/mol. The Bertz CT molecular complexity index is 343. The number of rotatable bonds is 3. The molecule has 1 atom stereocenters. The van der Waals surface area contributed by atoms with Gasteiger partial charge in [0.15, 0.2) is 0 Å². The summed E-state index contributed by atoms with van der Waals surface area (Å²) in [6.45, 7) is 4.11. The molecule has 0 amide bonds. The quantitative estimate of drug-likeness (QED) is 0.923. The van der Waals surface area contributed by atoms with Crippen LogP contribution in [0.25, 0.3) is 0 Å². The summed E-state index contributed by atoms with van der Waals surface area (Å²) >= 11 is 3.45. The topological polar surface area (TPSA) is 42.1 Å². The Kier molecular flexibility index (Phi) is 4.32. The van der Waals surface area contributed by atoms with E-state index in [0.717, 1.165) is 24.1 Å². The predicted octanol–water partition coefficient (Wildman–Crippen LogP) is 2.01. The summed E-state index contributed by atoms with van der Waals surface area (Å²) in [4.78, 5) is 6.67. The van der Waals surface area contributed by atoms with Crippen molar-refractivity contribution in [3.8, 4) is 0 Å². The molecule has 1 aliphatic rings. The molecule has 0 spiro atoms. The van der Waals surface area contributed by atoms with E-state index in [2.05, 4.69) is 31.9 Å². The van der Waals surface area contributed by atoms with Gasteiger partial charge in [0.05, 0.1) is 0 Å². The molecule has 4 heteroatoms. The molecule has 0 radical (unpaired) electrons. The van der Waals surface area contributed by atoms with E-state index in [1.54, 1.807) is 0 Å². The number of nitrogens with two attached hydrogens (primary N) is 1. The fourth-order valence-electron chi connectivity index (χ4n) is 2.29. The molecule has 3 nitrogen and oxygen atoms in total. The number of halogens is 1. The molecule has 2 heterocycles. The summed E-state index contributed by atoms with van der Waals surface area (Å²) in [7, 11) is 0. The van der Waals surface area contributed by atoms with Crippen molar-refractivity contribution in [2.24, 2.45) is 11.7 Å². The Labute approximate surface area is 105 Å². The van der Waals surface area contributed by atoms with Gasteiger partial charge in [-0.15, -0.1) is 0 Å². The molecule has 1 aromatic heterocycles.